The molecule has 4 rings (SSSR count). The van der Waals surface area contributed by atoms with Crippen molar-refractivity contribution in [2.45, 2.75) is 63.3 Å². The van der Waals surface area contributed by atoms with Crippen LogP contribution in [0, 0.1) is 0 Å². The fourth-order valence-electron chi connectivity index (χ4n) is 4.25. The third kappa shape index (κ3) is 5.47. The fraction of sp³-hybridized carbons (Fsp3) is 0.560. The Morgan fingerprint density at radius 2 is 2.19 bits per heavy atom. The van der Waals surface area contributed by atoms with Crippen LogP contribution in [0.15, 0.2) is 27.9 Å². The average molecular weight is 524 g/mol. The Morgan fingerprint density at radius 3 is 2.89 bits per heavy atom. The zero-order chi connectivity index (χ0) is 32.0. The SMILES string of the molecule is [2H]C([2H])(C)Cc1nn(C([2H])([2H])[2H])c2c(=O)[nH]c(-c3cc(S(=O)(=O)NC([2H])([2H])CC4CCCN4C)ccc3OCCC)nc12. The molecule has 0 amide bonds. The average Bonchev–Trinajstić information content (AvgIpc) is 3.43. The van der Waals surface area contributed by atoms with Crippen LogP contribution in [0.1, 0.15) is 61.2 Å². The predicted molar refractivity (Wildman–Crippen MR) is 140 cm³/mol. The first-order valence-electron chi connectivity index (χ1n) is 15.4. The number of aromatic nitrogens is 4. The number of aryl methyl sites for hydroxylation is 2. The van der Waals surface area contributed by atoms with Gasteiger partial charge in [0.2, 0.25) is 10.0 Å². The van der Waals surface area contributed by atoms with Crippen LogP contribution in [0.4, 0.5) is 0 Å². The minimum absolute atomic E-state index is 0.0417. The van der Waals surface area contributed by atoms with Crippen molar-refractivity contribution in [2.75, 3.05) is 26.7 Å². The van der Waals surface area contributed by atoms with Crippen molar-refractivity contribution in [2.24, 2.45) is 6.98 Å². The van der Waals surface area contributed by atoms with Gasteiger partial charge in [0.15, 0.2) is 5.52 Å². The Labute approximate surface area is 222 Å². The van der Waals surface area contributed by atoms with Crippen molar-refractivity contribution < 1.29 is 22.7 Å². The van der Waals surface area contributed by atoms with E-state index in [2.05, 4.69) is 19.8 Å². The summed E-state index contributed by atoms with van der Waals surface area (Å²) < 4.78 is 91.4. The molecule has 1 saturated heterocycles. The van der Waals surface area contributed by atoms with Crippen LogP contribution < -0.4 is 15.0 Å². The molecule has 2 N–H and O–H groups in total. The molecule has 11 heteroatoms. The molecule has 3 aromatic rings. The Hall–Kier alpha value is -2.76. The lowest BCUT2D eigenvalue weighted by atomic mass is 10.1. The molecule has 3 heterocycles. The van der Waals surface area contributed by atoms with Gasteiger partial charge in [-0.25, -0.2) is 18.1 Å². The maximum Gasteiger partial charge on any atom is 0.277 e. The Bertz CT molecular complexity index is 1650. The smallest absolute Gasteiger partial charge is 0.277 e. The minimum atomic E-state index is -4.40. The molecule has 196 valence electrons. The number of likely N-dealkylation sites (tertiary alicyclic amines) is 1. The number of nitrogens with one attached hydrogen (secondary N) is 2. The summed E-state index contributed by atoms with van der Waals surface area (Å²) in [6, 6.07) is 3.72. The van der Waals surface area contributed by atoms with Crippen LogP contribution in [-0.2, 0) is 23.4 Å². The van der Waals surface area contributed by atoms with E-state index in [-0.39, 0.29) is 64.3 Å². The van der Waals surface area contributed by atoms with Gasteiger partial charge in [-0.05, 0) is 63.9 Å². The van der Waals surface area contributed by atoms with Gasteiger partial charge in [-0.15, -0.1) is 0 Å². The Balaban J connectivity index is 1.83. The second-order valence-corrected chi connectivity index (χ2v) is 10.5. The van der Waals surface area contributed by atoms with E-state index in [0.29, 0.717) is 11.1 Å². The van der Waals surface area contributed by atoms with Crippen molar-refractivity contribution >= 4 is 21.1 Å². The zero-order valence-corrected chi connectivity index (χ0v) is 21.4. The number of benzene rings is 1. The molecule has 0 saturated carbocycles. The summed E-state index contributed by atoms with van der Waals surface area (Å²) in [5.41, 5.74) is -1.41. The second kappa shape index (κ2) is 11.1. The molecule has 0 aliphatic carbocycles. The zero-order valence-electron chi connectivity index (χ0n) is 27.6. The number of fused-ring (bicyclic) bond motifs is 1. The highest BCUT2D eigenvalue weighted by Gasteiger charge is 2.23. The fourth-order valence-corrected chi connectivity index (χ4v) is 5.16. The summed E-state index contributed by atoms with van der Waals surface area (Å²) >= 11 is 0. The normalized spacial score (nSPS) is 20.8. The summed E-state index contributed by atoms with van der Waals surface area (Å²) in [4.78, 5) is 21.9. The van der Waals surface area contributed by atoms with Gasteiger partial charge >= 0.3 is 0 Å². The van der Waals surface area contributed by atoms with Crippen LogP contribution in [-0.4, -0.2) is 65.8 Å². The van der Waals surface area contributed by atoms with E-state index in [1.165, 1.54) is 25.1 Å². The lowest BCUT2D eigenvalue weighted by molar-refractivity contribution is 0.297. The first kappa shape index (κ1) is 18.5. The van der Waals surface area contributed by atoms with Crippen molar-refractivity contribution in [1.82, 2.24) is 29.4 Å². The van der Waals surface area contributed by atoms with E-state index in [0.717, 1.165) is 19.4 Å². The molecular weight excluding hydrogens is 480 g/mol. The van der Waals surface area contributed by atoms with Crippen molar-refractivity contribution in [1.29, 1.82) is 0 Å². The van der Waals surface area contributed by atoms with Gasteiger partial charge in [0, 0.05) is 29.1 Å². The number of hydrogen-bond acceptors (Lipinski definition) is 7. The molecule has 0 spiro atoms. The van der Waals surface area contributed by atoms with Crippen LogP contribution in [0.3, 0.4) is 0 Å². The van der Waals surface area contributed by atoms with Gasteiger partial charge in [0.25, 0.3) is 5.56 Å². The largest absolute Gasteiger partial charge is 0.493 e. The molecular formula is C25H36N6O4S. The van der Waals surface area contributed by atoms with Crippen LogP contribution in [0.2, 0.25) is 0 Å². The third-order valence-electron chi connectivity index (χ3n) is 6.14. The van der Waals surface area contributed by atoms with Gasteiger partial charge < -0.3 is 14.6 Å². The third-order valence-corrected chi connectivity index (χ3v) is 7.43. The van der Waals surface area contributed by atoms with E-state index in [4.69, 9.17) is 14.3 Å². The number of hydrogen-bond donors (Lipinski definition) is 2. The predicted octanol–water partition coefficient (Wildman–Crippen LogP) is 2.83. The maximum atomic E-state index is 13.4. The van der Waals surface area contributed by atoms with E-state index in [1.807, 2.05) is 18.9 Å². The van der Waals surface area contributed by atoms with Gasteiger partial charge in [-0.3, -0.25) is 9.48 Å². The molecule has 0 bridgehead atoms. The standard InChI is InChI=1S/C25H36N6O4S/c1-5-8-20-22-23(31(4)29-20)25(32)28-24(27-22)19-16-18(10-11-21(19)35-15-6-2)36(33,34)26-13-12-17-9-7-14-30(17)3/h10-11,16-17,26H,5-9,12-15H2,1-4H3,(H,27,28,32)/i4D3,5D2,13D2. The molecule has 1 aliphatic rings. The molecule has 10 nitrogen and oxygen atoms in total. The number of aromatic amines is 1. The maximum absolute atomic E-state index is 13.4. The number of ether oxygens (including phenoxy) is 1. The van der Waals surface area contributed by atoms with Gasteiger partial charge in [-0.1, -0.05) is 20.2 Å². The molecule has 1 atom stereocenters. The molecule has 1 aliphatic heterocycles. The van der Waals surface area contributed by atoms with E-state index in [9.17, 15) is 13.2 Å². The molecule has 0 radical (unpaired) electrons. The molecule has 1 unspecified atom stereocenters. The Kier molecular flexibility index (Phi) is 5.70. The highest BCUT2D eigenvalue weighted by atomic mass is 32.2. The quantitative estimate of drug-likeness (QED) is 0.396. The summed E-state index contributed by atoms with van der Waals surface area (Å²) in [5, 5.41) is 4.01. The molecule has 1 fully saturated rings. The van der Waals surface area contributed by atoms with Crippen LogP contribution >= 0.6 is 0 Å². The van der Waals surface area contributed by atoms with E-state index >= 15 is 0 Å². The summed E-state index contributed by atoms with van der Waals surface area (Å²) in [7, 11) is -2.53. The van der Waals surface area contributed by atoms with Crippen LogP contribution in [0.5, 0.6) is 5.75 Å². The summed E-state index contributed by atoms with van der Waals surface area (Å²) in [6.45, 7) is -0.895. The summed E-state index contributed by atoms with van der Waals surface area (Å²) in [5.74, 6) is 0.0220. The number of H-pyrrole nitrogens is 1. The van der Waals surface area contributed by atoms with Crippen LogP contribution in [0.25, 0.3) is 22.4 Å². The minimum Gasteiger partial charge on any atom is -0.493 e. The van der Waals surface area contributed by atoms with E-state index < -0.39 is 35.4 Å². The monoisotopic (exact) mass is 523 g/mol. The highest BCUT2D eigenvalue weighted by Crippen LogP contribution is 2.31. The second-order valence-electron chi connectivity index (χ2n) is 8.77. The van der Waals surface area contributed by atoms with Crippen molar-refractivity contribution in [3.63, 3.8) is 0 Å². The first-order chi connectivity index (χ1) is 19.8. The molecule has 2 aromatic heterocycles. The Morgan fingerprint density at radius 1 is 1.36 bits per heavy atom. The number of sulfonamides is 1. The topological polar surface area (TPSA) is 122 Å². The summed E-state index contributed by atoms with van der Waals surface area (Å²) in [6.07, 6.45) is 0.0730. The van der Waals surface area contributed by atoms with Gasteiger partial charge in [-0.2, -0.15) is 5.10 Å². The first-order valence-corrected chi connectivity index (χ1v) is 13.3. The van der Waals surface area contributed by atoms with Crippen molar-refractivity contribution in [3.05, 3.63) is 34.2 Å². The molecule has 36 heavy (non-hydrogen) atoms. The van der Waals surface area contributed by atoms with Gasteiger partial charge in [0.05, 0.1) is 22.8 Å². The lowest BCUT2D eigenvalue weighted by Gasteiger charge is -2.19. The molecule has 1 aromatic carbocycles. The number of rotatable bonds is 11. The van der Waals surface area contributed by atoms with Gasteiger partial charge in [0.1, 0.15) is 17.1 Å². The number of nitrogens with zero attached hydrogens (tertiary/aromatic N) is 4. The van der Waals surface area contributed by atoms with E-state index in [1.54, 1.807) is 0 Å². The highest BCUT2D eigenvalue weighted by molar-refractivity contribution is 7.89. The van der Waals surface area contributed by atoms with Crippen molar-refractivity contribution in [3.8, 4) is 17.1 Å². The lowest BCUT2D eigenvalue weighted by Crippen LogP contribution is -2.31.